The Kier molecular flexibility index (Phi) is 4.02. The summed E-state index contributed by atoms with van der Waals surface area (Å²) < 4.78 is 5.57. The Hall–Kier alpha value is -2.82. The van der Waals surface area contributed by atoms with Crippen molar-refractivity contribution in [2.75, 3.05) is 16.8 Å². The smallest absolute Gasteiger partial charge is 0.265 e. The second kappa shape index (κ2) is 6.12. The SMILES string of the molecule is CCN(C(=O)c1ccc2c(c1)OC(C)C(=O)N2)c1ccccc1. The van der Waals surface area contributed by atoms with Crippen LogP contribution in [0.1, 0.15) is 24.2 Å². The van der Waals surface area contributed by atoms with E-state index in [2.05, 4.69) is 5.32 Å². The van der Waals surface area contributed by atoms with Gasteiger partial charge in [-0.3, -0.25) is 9.59 Å². The van der Waals surface area contributed by atoms with E-state index in [0.29, 0.717) is 23.5 Å². The average molecular weight is 310 g/mol. The molecule has 1 atom stereocenters. The number of anilines is 2. The summed E-state index contributed by atoms with van der Waals surface area (Å²) >= 11 is 0. The van der Waals surface area contributed by atoms with E-state index in [1.807, 2.05) is 37.3 Å². The summed E-state index contributed by atoms with van der Waals surface area (Å²) in [6.07, 6.45) is -0.566. The Morgan fingerprint density at radius 1 is 1.22 bits per heavy atom. The molecule has 1 heterocycles. The number of hydrogen-bond acceptors (Lipinski definition) is 3. The van der Waals surface area contributed by atoms with Crippen molar-refractivity contribution in [2.24, 2.45) is 0 Å². The molecule has 0 aliphatic carbocycles. The fourth-order valence-electron chi connectivity index (χ4n) is 2.54. The van der Waals surface area contributed by atoms with E-state index in [-0.39, 0.29) is 11.8 Å². The topological polar surface area (TPSA) is 58.6 Å². The molecule has 2 aromatic carbocycles. The molecule has 0 saturated carbocycles. The van der Waals surface area contributed by atoms with Crippen LogP contribution in [0.15, 0.2) is 48.5 Å². The first kappa shape index (κ1) is 15.1. The van der Waals surface area contributed by atoms with Gasteiger partial charge in [0.2, 0.25) is 0 Å². The Balaban J connectivity index is 1.91. The van der Waals surface area contributed by atoms with Gasteiger partial charge < -0.3 is 15.0 Å². The molecule has 1 unspecified atom stereocenters. The highest BCUT2D eigenvalue weighted by Crippen LogP contribution is 2.31. The van der Waals surface area contributed by atoms with Crippen molar-refractivity contribution in [3.63, 3.8) is 0 Å². The fourth-order valence-corrected chi connectivity index (χ4v) is 2.54. The van der Waals surface area contributed by atoms with Gasteiger partial charge in [-0.2, -0.15) is 0 Å². The van der Waals surface area contributed by atoms with Crippen LogP contribution in [0.5, 0.6) is 5.75 Å². The van der Waals surface area contributed by atoms with Gasteiger partial charge in [-0.1, -0.05) is 18.2 Å². The van der Waals surface area contributed by atoms with Crippen LogP contribution < -0.4 is 15.0 Å². The molecule has 3 rings (SSSR count). The monoisotopic (exact) mass is 310 g/mol. The van der Waals surface area contributed by atoms with Gasteiger partial charge in [-0.15, -0.1) is 0 Å². The van der Waals surface area contributed by atoms with Crippen LogP contribution >= 0.6 is 0 Å². The van der Waals surface area contributed by atoms with Crippen LogP contribution in [0, 0.1) is 0 Å². The third kappa shape index (κ3) is 2.90. The maximum atomic E-state index is 12.8. The highest BCUT2D eigenvalue weighted by molar-refractivity contribution is 6.07. The van der Waals surface area contributed by atoms with E-state index in [1.54, 1.807) is 30.0 Å². The summed E-state index contributed by atoms with van der Waals surface area (Å²) in [5.74, 6) is 0.234. The molecule has 2 aromatic rings. The van der Waals surface area contributed by atoms with Crippen LogP contribution in [0.2, 0.25) is 0 Å². The zero-order valence-electron chi connectivity index (χ0n) is 13.1. The van der Waals surface area contributed by atoms with Crippen molar-refractivity contribution in [3.05, 3.63) is 54.1 Å². The summed E-state index contributed by atoms with van der Waals surface area (Å²) in [7, 11) is 0. The lowest BCUT2D eigenvalue weighted by molar-refractivity contribution is -0.122. The van der Waals surface area contributed by atoms with Crippen molar-refractivity contribution in [2.45, 2.75) is 20.0 Å². The van der Waals surface area contributed by atoms with Crippen molar-refractivity contribution < 1.29 is 14.3 Å². The predicted octanol–water partition coefficient (Wildman–Crippen LogP) is 3.07. The summed E-state index contributed by atoms with van der Waals surface area (Å²) in [6, 6.07) is 14.6. The maximum absolute atomic E-state index is 12.8. The number of ether oxygens (including phenoxy) is 1. The number of nitrogens with one attached hydrogen (secondary N) is 1. The summed E-state index contributed by atoms with van der Waals surface area (Å²) in [5, 5.41) is 2.76. The van der Waals surface area contributed by atoms with Crippen molar-refractivity contribution in [1.82, 2.24) is 0 Å². The first-order chi connectivity index (χ1) is 11.1. The molecule has 5 heteroatoms. The number of fused-ring (bicyclic) bond motifs is 1. The molecule has 1 aliphatic heterocycles. The molecular weight excluding hydrogens is 292 g/mol. The Morgan fingerprint density at radius 2 is 1.96 bits per heavy atom. The van der Waals surface area contributed by atoms with Gasteiger partial charge in [0.1, 0.15) is 5.75 Å². The number of amides is 2. The predicted molar refractivity (Wildman–Crippen MR) is 89.0 cm³/mol. The molecule has 0 aromatic heterocycles. The van der Waals surface area contributed by atoms with Crippen LogP contribution in [0.25, 0.3) is 0 Å². The minimum Gasteiger partial charge on any atom is -0.479 e. The fraction of sp³-hybridized carbons (Fsp3) is 0.222. The number of nitrogens with zero attached hydrogens (tertiary/aromatic N) is 1. The van der Waals surface area contributed by atoms with E-state index in [4.69, 9.17) is 4.74 Å². The van der Waals surface area contributed by atoms with E-state index in [1.165, 1.54) is 0 Å². The number of hydrogen-bond donors (Lipinski definition) is 1. The molecule has 0 spiro atoms. The largest absolute Gasteiger partial charge is 0.479 e. The van der Waals surface area contributed by atoms with Gasteiger partial charge in [0, 0.05) is 17.8 Å². The van der Waals surface area contributed by atoms with Gasteiger partial charge in [0.25, 0.3) is 11.8 Å². The molecule has 0 fully saturated rings. The molecule has 0 bridgehead atoms. The quantitative estimate of drug-likeness (QED) is 0.948. The van der Waals surface area contributed by atoms with Crippen LogP contribution in [-0.2, 0) is 4.79 Å². The van der Waals surface area contributed by atoms with Gasteiger partial charge in [0.05, 0.1) is 5.69 Å². The van der Waals surface area contributed by atoms with Crippen LogP contribution in [0.3, 0.4) is 0 Å². The van der Waals surface area contributed by atoms with Gasteiger partial charge in [0.15, 0.2) is 6.10 Å². The van der Waals surface area contributed by atoms with E-state index >= 15 is 0 Å². The van der Waals surface area contributed by atoms with Crippen molar-refractivity contribution >= 4 is 23.2 Å². The van der Waals surface area contributed by atoms with Gasteiger partial charge in [-0.25, -0.2) is 0 Å². The summed E-state index contributed by atoms with van der Waals surface area (Å²) in [5.41, 5.74) is 1.96. The molecule has 0 saturated heterocycles. The van der Waals surface area contributed by atoms with Gasteiger partial charge >= 0.3 is 0 Å². The lowest BCUT2D eigenvalue weighted by Gasteiger charge is -2.25. The molecule has 23 heavy (non-hydrogen) atoms. The molecule has 1 N–H and O–H groups in total. The number of carbonyl (C=O) groups excluding carboxylic acids is 2. The maximum Gasteiger partial charge on any atom is 0.265 e. The molecule has 118 valence electrons. The van der Waals surface area contributed by atoms with Gasteiger partial charge in [-0.05, 0) is 44.2 Å². The first-order valence-corrected chi connectivity index (χ1v) is 7.58. The van der Waals surface area contributed by atoms with Crippen molar-refractivity contribution in [1.29, 1.82) is 0 Å². The van der Waals surface area contributed by atoms with E-state index in [9.17, 15) is 9.59 Å². The number of rotatable bonds is 3. The normalized spacial score (nSPS) is 16.1. The summed E-state index contributed by atoms with van der Waals surface area (Å²) in [4.78, 5) is 26.1. The standard InChI is InChI=1S/C18H18N2O3/c1-3-20(14-7-5-4-6-8-14)18(22)13-9-10-15-16(11-13)23-12(2)17(21)19-15/h4-12H,3H2,1-2H3,(H,19,21). The van der Waals surface area contributed by atoms with E-state index in [0.717, 1.165) is 5.69 Å². The molecule has 5 nitrogen and oxygen atoms in total. The minimum absolute atomic E-state index is 0.102. The highest BCUT2D eigenvalue weighted by Gasteiger charge is 2.25. The molecular formula is C18H18N2O3. The zero-order chi connectivity index (χ0) is 16.4. The van der Waals surface area contributed by atoms with Crippen LogP contribution in [-0.4, -0.2) is 24.5 Å². The lowest BCUT2D eigenvalue weighted by Crippen LogP contribution is -2.35. The molecule has 1 aliphatic rings. The lowest BCUT2D eigenvalue weighted by atomic mass is 10.1. The second-order valence-corrected chi connectivity index (χ2v) is 5.35. The number of carbonyl (C=O) groups is 2. The minimum atomic E-state index is -0.566. The summed E-state index contributed by atoms with van der Waals surface area (Å²) in [6.45, 7) is 4.17. The Morgan fingerprint density at radius 3 is 2.65 bits per heavy atom. The third-order valence-corrected chi connectivity index (χ3v) is 3.79. The molecule has 2 amide bonds. The van der Waals surface area contributed by atoms with Crippen molar-refractivity contribution in [3.8, 4) is 5.75 Å². The third-order valence-electron chi connectivity index (χ3n) is 3.79. The zero-order valence-corrected chi connectivity index (χ0v) is 13.1. The Bertz CT molecular complexity index is 743. The first-order valence-electron chi connectivity index (χ1n) is 7.58. The second-order valence-electron chi connectivity index (χ2n) is 5.35. The van der Waals surface area contributed by atoms with Crippen LogP contribution in [0.4, 0.5) is 11.4 Å². The average Bonchev–Trinajstić information content (AvgIpc) is 2.57. The Labute approximate surface area is 134 Å². The number of para-hydroxylation sites is 1. The molecule has 0 radical (unpaired) electrons. The number of benzene rings is 2. The highest BCUT2D eigenvalue weighted by atomic mass is 16.5. The van der Waals surface area contributed by atoms with E-state index < -0.39 is 6.10 Å².